The Balaban J connectivity index is 2.16. The second-order valence-corrected chi connectivity index (χ2v) is 5.65. The first-order valence-electron chi connectivity index (χ1n) is 6.86. The average Bonchev–Trinajstić information content (AvgIpc) is 2.42. The van der Waals surface area contributed by atoms with Gasteiger partial charge in [-0.2, -0.15) is 0 Å². The Hall–Kier alpha value is -1.48. The van der Waals surface area contributed by atoms with E-state index in [-0.39, 0.29) is 6.04 Å². The minimum Gasteiger partial charge on any atom is -0.494 e. The molecule has 20 heavy (non-hydrogen) atoms. The van der Waals surface area contributed by atoms with Crippen molar-refractivity contribution >= 4 is 21.6 Å². The summed E-state index contributed by atoms with van der Waals surface area (Å²) in [5.74, 6) is 0.920. The lowest BCUT2D eigenvalue weighted by atomic mass is 10.1. The van der Waals surface area contributed by atoms with E-state index in [9.17, 15) is 0 Å². The van der Waals surface area contributed by atoms with Crippen LogP contribution in [0.3, 0.4) is 0 Å². The van der Waals surface area contributed by atoms with Gasteiger partial charge >= 0.3 is 0 Å². The highest BCUT2D eigenvalue weighted by molar-refractivity contribution is 9.10. The SMILES string of the molecule is CCOc1ccc(NC(C)c2ccccc2Br)c(C)c1. The Morgan fingerprint density at radius 1 is 1.20 bits per heavy atom. The van der Waals surface area contributed by atoms with Gasteiger partial charge in [-0.3, -0.25) is 0 Å². The third-order valence-corrected chi connectivity index (χ3v) is 3.97. The molecular weight excluding hydrogens is 314 g/mol. The van der Waals surface area contributed by atoms with Crippen LogP contribution in [-0.2, 0) is 0 Å². The van der Waals surface area contributed by atoms with E-state index in [2.05, 4.69) is 65.4 Å². The van der Waals surface area contributed by atoms with E-state index in [4.69, 9.17) is 4.74 Å². The zero-order valence-corrected chi connectivity index (χ0v) is 13.7. The van der Waals surface area contributed by atoms with E-state index < -0.39 is 0 Å². The summed E-state index contributed by atoms with van der Waals surface area (Å²) >= 11 is 3.60. The minimum atomic E-state index is 0.238. The molecule has 0 aromatic heterocycles. The molecule has 106 valence electrons. The monoisotopic (exact) mass is 333 g/mol. The molecule has 2 aromatic rings. The van der Waals surface area contributed by atoms with Crippen molar-refractivity contribution in [1.29, 1.82) is 0 Å². The molecule has 0 saturated heterocycles. The van der Waals surface area contributed by atoms with Gasteiger partial charge in [0.15, 0.2) is 0 Å². The number of hydrogen-bond donors (Lipinski definition) is 1. The molecule has 0 aliphatic carbocycles. The van der Waals surface area contributed by atoms with E-state index in [1.165, 1.54) is 11.1 Å². The quantitative estimate of drug-likeness (QED) is 0.798. The first kappa shape index (κ1) is 14.9. The van der Waals surface area contributed by atoms with Crippen molar-refractivity contribution in [1.82, 2.24) is 0 Å². The lowest BCUT2D eigenvalue weighted by molar-refractivity contribution is 0.340. The molecule has 0 radical (unpaired) electrons. The lowest BCUT2D eigenvalue weighted by Gasteiger charge is -2.19. The lowest BCUT2D eigenvalue weighted by Crippen LogP contribution is -2.08. The van der Waals surface area contributed by atoms with E-state index in [0.717, 1.165) is 15.9 Å². The van der Waals surface area contributed by atoms with Crippen LogP contribution in [0.15, 0.2) is 46.9 Å². The fraction of sp³-hybridized carbons (Fsp3) is 0.294. The van der Waals surface area contributed by atoms with Crippen LogP contribution in [0.4, 0.5) is 5.69 Å². The summed E-state index contributed by atoms with van der Waals surface area (Å²) < 4.78 is 6.64. The average molecular weight is 334 g/mol. The number of ether oxygens (including phenoxy) is 1. The highest BCUT2D eigenvalue weighted by Crippen LogP contribution is 2.28. The highest BCUT2D eigenvalue weighted by Gasteiger charge is 2.10. The number of anilines is 1. The predicted octanol–water partition coefficient (Wildman–Crippen LogP) is 5.33. The maximum absolute atomic E-state index is 5.52. The number of rotatable bonds is 5. The van der Waals surface area contributed by atoms with Crippen LogP contribution < -0.4 is 10.1 Å². The molecule has 2 aromatic carbocycles. The normalized spacial score (nSPS) is 12.0. The maximum atomic E-state index is 5.52. The third-order valence-electron chi connectivity index (χ3n) is 3.25. The molecule has 2 nitrogen and oxygen atoms in total. The standard InChI is InChI=1S/C17H20BrNO/c1-4-20-14-9-10-17(12(2)11-14)19-13(3)15-7-5-6-8-16(15)18/h5-11,13,19H,4H2,1-3H3. The van der Waals surface area contributed by atoms with Gasteiger partial charge < -0.3 is 10.1 Å². The van der Waals surface area contributed by atoms with Crippen molar-refractivity contribution in [3.63, 3.8) is 0 Å². The molecular formula is C17H20BrNO. The third kappa shape index (κ3) is 3.54. The first-order chi connectivity index (χ1) is 9.61. The van der Waals surface area contributed by atoms with Crippen molar-refractivity contribution < 1.29 is 4.74 Å². The fourth-order valence-electron chi connectivity index (χ4n) is 2.19. The number of aryl methyl sites for hydroxylation is 1. The van der Waals surface area contributed by atoms with Crippen molar-refractivity contribution in [2.24, 2.45) is 0 Å². The van der Waals surface area contributed by atoms with Gasteiger partial charge in [-0.1, -0.05) is 34.1 Å². The smallest absolute Gasteiger partial charge is 0.119 e. The van der Waals surface area contributed by atoms with Crippen molar-refractivity contribution in [3.8, 4) is 5.75 Å². The molecule has 1 unspecified atom stereocenters. The number of halogens is 1. The molecule has 3 heteroatoms. The summed E-state index contributed by atoms with van der Waals surface area (Å²) in [6.45, 7) is 6.95. The van der Waals surface area contributed by atoms with Gasteiger partial charge in [0, 0.05) is 16.2 Å². The zero-order chi connectivity index (χ0) is 14.5. The van der Waals surface area contributed by atoms with E-state index in [1.807, 2.05) is 19.1 Å². The summed E-state index contributed by atoms with van der Waals surface area (Å²) in [4.78, 5) is 0. The largest absolute Gasteiger partial charge is 0.494 e. The number of nitrogens with one attached hydrogen (secondary N) is 1. The van der Waals surface area contributed by atoms with Crippen LogP contribution in [0.2, 0.25) is 0 Å². The summed E-state index contributed by atoms with van der Waals surface area (Å²) in [5, 5.41) is 3.55. The fourth-order valence-corrected chi connectivity index (χ4v) is 2.82. The summed E-state index contributed by atoms with van der Waals surface area (Å²) in [7, 11) is 0. The molecule has 1 atom stereocenters. The van der Waals surface area contributed by atoms with E-state index in [1.54, 1.807) is 0 Å². The van der Waals surface area contributed by atoms with Gasteiger partial charge in [-0.05, 0) is 56.2 Å². The van der Waals surface area contributed by atoms with Crippen molar-refractivity contribution in [2.45, 2.75) is 26.8 Å². The summed E-state index contributed by atoms with van der Waals surface area (Å²) in [5.41, 5.74) is 3.58. The van der Waals surface area contributed by atoms with Crippen LogP contribution in [0.25, 0.3) is 0 Å². The molecule has 0 aliphatic heterocycles. The molecule has 2 rings (SSSR count). The van der Waals surface area contributed by atoms with Gasteiger partial charge in [0.25, 0.3) is 0 Å². The topological polar surface area (TPSA) is 21.3 Å². The minimum absolute atomic E-state index is 0.238. The number of hydrogen-bond acceptors (Lipinski definition) is 2. The van der Waals surface area contributed by atoms with Crippen molar-refractivity contribution in [3.05, 3.63) is 58.1 Å². The molecule has 0 fully saturated rings. The zero-order valence-electron chi connectivity index (χ0n) is 12.1. The first-order valence-corrected chi connectivity index (χ1v) is 7.65. The molecule has 0 bridgehead atoms. The Morgan fingerprint density at radius 3 is 2.60 bits per heavy atom. The van der Waals surface area contributed by atoms with Crippen LogP contribution >= 0.6 is 15.9 Å². The molecule has 0 saturated carbocycles. The molecule has 1 N–H and O–H groups in total. The van der Waals surface area contributed by atoms with Gasteiger partial charge in [0.05, 0.1) is 6.61 Å². The van der Waals surface area contributed by atoms with E-state index in [0.29, 0.717) is 6.61 Å². The Kier molecular flexibility index (Phi) is 5.07. The van der Waals surface area contributed by atoms with Gasteiger partial charge in [0.2, 0.25) is 0 Å². The van der Waals surface area contributed by atoms with Crippen LogP contribution in [0.5, 0.6) is 5.75 Å². The predicted molar refractivity (Wildman–Crippen MR) is 88.5 cm³/mol. The molecule has 0 spiro atoms. The van der Waals surface area contributed by atoms with Crippen LogP contribution in [0.1, 0.15) is 31.0 Å². The van der Waals surface area contributed by atoms with Crippen LogP contribution in [0, 0.1) is 6.92 Å². The Morgan fingerprint density at radius 2 is 1.95 bits per heavy atom. The van der Waals surface area contributed by atoms with E-state index >= 15 is 0 Å². The number of benzene rings is 2. The second kappa shape index (κ2) is 6.80. The van der Waals surface area contributed by atoms with Gasteiger partial charge in [-0.15, -0.1) is 0 Å². The van der Waals surface area contributed by atoms with Crippen molar-refractivity contribution in [2.75, 3.05) is 11.9 Å². The molecule has 0 amide bonds. The Labute approximate surface area is 129 Å². The molecule has 0 aliphatic rings. The summed E-state index contributed by atoms with van der Waals surface area (Å²) in [6.07, 6.45) is 0. The summed E-state index contributed by atoms with van der Waals surface area (Å²) in [6, 6.07) is 14.7. The van der Waals surface area contributed by atoms with Gasteiger partial charge in [-0.25, -0.2) is 0 Å². The van der Waals surface area contributed by atoms with Gasteiger partial charge in [0.1, 0.15) is 5.75 Å². The maximum Gasteiger partial charge on any atom is 0.119 e. The second-order valence-electron chi connectivity index (χ2n) is 4.80. The Bertz CT molecular complexity index is 583. The highest BCUT2D eigenvalue weighted by atomic mass is 79.9. The van der Waals surface area contributed by atoms with Crippen LogP contribution in [-0.4, -0.2) is 6.61 Å². The molecule has 0 heterocycles.